The van der Waals surface area contributed by atoms with Crippen LogP contribution in [0.4, 0.5) is 0 Å². The predicted octanol–water partition coefficient (Wildman–Crippen LogP) is 4.02. The van der Waals surface area contributed by atoms with Gasteiger partial charge in [0.25, 0.3) is 0 Å². The van der Waals surface area contributed by atoms with Gasteiger partial charge in [0, 0.05) is 16.8 Å². The molecule has 4 heteroatoms. The molecule has 1 aliphatic heterocycles. The number of aryl methyl sites for hydroxylation is 1. The van der Waals surface area contributed by atoms with Crippen LogP contribution in [-0.4, -0.2) is 18.1 Å². The molecule has 1 aromatic heterocycles. The Hall–Kier alpha value is -1.03. The van der Waals surface area contributed by atoms with Gasteiger partial charge < -0.3 is 5.32 Å². The molecular formula is C17H19ClN2S. The summed E-state index contributed by atoms with van der Waals surface area (Å²) in [6.07, 6.45) is 4.00. The van der Waals surface area contributed by atoms with Crippen molar-refractivity contribution in [3.63, 3.8) is 0 Å². The number of halogens is 1. The van der Waals surface area contributed by atoms with E-state index in [9.17, 15) is 0 Å². The summed E-state index contributed by atoms with van der Waals surface area (Å²) >= 11 is 8.27. The Morgan fingerprint density at radius 2 is 2.10 bits per heavy atom. The zero-order valence-electron chi connectivity index (χ0n) is 12.2. The minimum atomic E-state index is 0.870. The van der Waals surface area contributed by atoms with Gasteiger partial charge in [-0.25, -0.2) is 0 Å². The van der Waals surface area contributed by atoms with Crippen molar-refractivity contribution in [2.45, 2.75) is 30.4 Å². The normalized spacial score (nSPS) is 14.6. The molecule has 0 atom stereocenters. The number of pyridine rings is 1. The van der Waals surface area contributed by atoms with E-state index in [0.717, 1.165) is 42.4 Å². The molecule has 2 aromatic rings. The van der Waals surface area contributed by atoms with Crippen LogP contribution in [0.3, 0.4) is 0 Å². The van der Waals surface area contributed by atoms with Crippen molar-refractivity contribution in [3.8, 4) is 0 Å². The Balaban J connectivity index is 1.86. The van der Waals surface area contributed by atoms with Crippen molar-refractivity contribution in [2.75, 3.05) is 13.1 Å². The zero-order valence-corrected chi connectivity index (χ0v) is 13.7. The van der Waals surface area contributed by atoms with Crippen molar-refractivity contribution in [1.29, 1.82) is 0 Å². The molecule has 0 fully saturated rings. The first-order valence-electron chi connectivity index (χ1n) is 7.30. The average Bonchev–Trinajstić information content (AvgIpc) is 2.73. The molecule has 0 saturated carbocycles. The summed E-state index contributed by atoms with van der Waals surface area (Å²) in [6, 6.07) is 8.32. The molecule has 110 valence electrons. The largest absolute Gasteiger partial charge is 0.316 e. The Morgan fingerprint density at radius 1 is 1.24 bits per heavy atom. The van der Waals surface area contributed by atoms with Crippen LogP contribution in [0.2, 0.25) is 5.02 Å². The second-order valence-electron chi connectivity index (χ2n) is 5.32. The van der Waals surface area contributed by atoms with Crippen molar-refractivity contribution >= 4 is 23.4 Å². The van der Waals surface area contributed by atoms with Gasteiger partial charge in [-0.2, -0.15) is 0 Å². The zero-order chi connectivity index (χ0) is 14.7. The average molecular weight is 319 g/mol. The topological polar surface area (TPSA) is 24.9 Å². The molecule has 0 aliphatic carbocycles. The fraction of sp³-hybridized carbons (Fsp3) is 0.353. The number of fused-ring (bicyclic) bond motifs is 1. The number of hydrogen-bond donors (Lipinski definition) is 1. The van der Waals surface area contributed by atoms with Crippen LogP contribution < -0.4 is 5.32 Å². The van der Waals surface area contributed by atoms with Crippen molar-refractivity contribution in [2.24, 2.45) is 0 Å². The van der Waals surface area contributed by atoms with E-state index in [1.165, 1.54) is 21.6 Å². The summed E-state index contributed by atoms with van der Waals surface area (Å²) in [7, 11) is 0. The maximum atomic E-state index is 6.46. The Morgan fingerprint density at radius 3 is 2.95 bits per heavy atom. The summed E-state index contributed by atoms with van der Waals surface area (Å²) in [6.45, 7) is 4.20. The van der Waals surface area contributed by atoms with Gasteiger partial charge in [0.05, 0.1) is 10.7 Å². The van der Waals surface area contributed by atoms with E-state index in [2.05, 4.69) is 29.4 Å². The van der Waals surface area contributed by atoms with Crippen LogP contribution in [0.5, 0.6) is 0 Å². The van der Waals surface area contributed by atoms with Gasteiger partial charge in [-0.3, -0.25) is 4.98 Å². The van der Waals surface area contributed by atoms with E-state index in [1.54, 1.807) is 0 Å². The van der Waals surface area contributed by atoms with Gasteiger partial charge in [-0.1, -0.05) is 23.7 Å². The smallest absolute Gasteiger partial charge is 0.0544 e. The molecule has 2 nitrogen and oxygen atoms in total. The molecule has 1 N–H and O–H groups in total. The maximum absolute atomic E-state index is 6.46. The van der Waals surface area contributed by atoms with Crippen LogP contribution in [0.25, 0.3) is 0 Å². The third-order valence-corrected chi connectivity index (χ3v) is 5.50. The van der Waals surface area contributed by atoms with Gasteiger partial charge in [0.2, 0.25) is 0 Å². The van der Waals surface area contributed by atoms with Crippen molar-refractivity contribution in [3.05, 3.63) is 57.9 Å². The van der Waals surface area contributed by atoms with Crippen LogP contribution in [0.1, 0.15) is 22.4 Å². The van der Waals surface area contributed by atoms with Gasteiger partial charge in [-0.15, -0.1) is 11.8 Å². The summed E-state index contributed by atoms with van der Waals surface area (Å²) in [4.78, 5) is 5.72. The van der Waals surface area contributed by atoms with E-state index in [1.807, 2.05) is 30.1 Å². The van der Waals surface area contributed by atoms with Crippen LogP contribution in [0.15, 0.2) is 35.4 Å². The molecule has 0 amide bonds. The van der Waals surface area contributed by atoms with Crippen LogP contribution in [0, 0.1) is 6.92 Å². The number of nitrogens with zero attached hydrogens (tertiary/aromatic N) is 1. The van der Waals surface area contributed by atoms with Gasteiger partial charge >= 0.3 is 0 Å². The standard InChI is InChI=1S/C17H19ClN2S/c1-12-3-2-8-20-16(12)11-21-17-14-7-10-19-9-6-13(14)4-5-15(17)18/h2-5,8,19H,6-7,9-11H2,1H3. The molecule has 3 rings (SSSR count). The van der Waals surface area contributed by atoms with E-state index in [-0.39, 0.29) is 0 Å². The van der Waals surface area contributed by atoms with Gasteiger partial charge in [-0.05, 0) is 61.7 Å². The highest BCUT2D eigenvalue weighted by Crippen LogP contribution is 2.36. The Kier molecular flexibility index (Phi) is 4.84. The Bertz CT molecular complexity index is 643. The summed E-state index contributed by atoms with van der Waals surface area (Å²) in [5, 5.41) is 4.33. The van der Waals surface area contributed by atoms with E-state index in [4.69, 9.17) is 11.6 Å². The SMILES string of the molecule is Cc1cccnc1CSc1c(Cl)ccc2c1CCNCC2. The quantitative estimate of drug-likeness (QED) is 0.865. The van der Waals surface area contributed by atoms with E-state index in [0.29, 0.717) is 0 Å². The maximum Gasteiger partial charge on any atom is 0.0544 e. The molecule has 21 heavy (non-hydrogen) atoms. The summed E-state index contributed by atoms with van der Waals surface area (Å²) in [5.41, 5.74) is 5.24. The van der Waals surface area contributed by atoms with Crippen molar-refractivity contribution in [1.82, 2.24) is 10.3 Å². The second kappa shape index (κ2) is 6.82. The molecule has 1 aromatic carbocycles. The molecule has 2 heterocycles. The number of aromatic nitrogens is 1. The number of hydrogen-bond acceptors (Lipinski definition) is 3. The minimum Gasteiger partial charge on any atom is -0.316 e. The first-order chi connectivity index (χ1) is 10.3. The second-order valence-corrected chi connectivity index (χ2v) is 6.71. The molecule has 0 spiro atoms. The molecule has 0 unspecified atom stereocenters. The first-order valence-corrected chi connectivity index (χ1v) is 8.66. The highest BCUT2D eigenvalue weighted by atomic mass is 35.5. The Labute approximate surface area is 135 Å². The highest BCUT2D eigenvalue weighted by Gasteiger charge is 2.15. The fourth-order valence-electron chi connectivity index (χ4n) is 2.68. The number of benzene rings is 1. The third-order valence-electron chi connectivity index (χ3n) is 3.90. The lowest BCUT2D eigenvalue weighted by atomic mass is 10.0. The molecule has 1 aliphatic rings. The number of nitrogens with one attached hydrogen (secondary N) is 1. The van der Waals surface area contributed by atoms with Gasteiger partial charge in [0.1, 0.15) is 0 Å². The summed E-state index contributed by atoms with van der Waals surface area (Å²) in [5.74, 6) is 0.871. The van der Waals surface area contributed by atoms with Crippen LogP contribution in [-0.2, 0) is 18.6 Å². The number of thioether (sulfide) groups is 1. The molecule has 0 saturated heterocycles. The number of rotatable bonds is 3. The third kappa shape index (κ3) is 3.42. The monoisotopic (exact) mass is 318 g/mol. The van der Waals surface area contributed by atoms with Crippen LogP contribution >= 0.6 is 23.4 Å². The van der Waals surface area contributed by atoms with Gasteiger partial charge in [0.15, 0.2) is 0 Å². The molecular weight excluding hydrogens is 300 g/mol. The summed E-state index contributed by atoms with van der Waals surface area (Å²) < 4.78 is 0. The van der Waals surface area contributed by atoms with Crippen molar-refractivity contribution < 1.29 is 0 Å². The minimum absolute atomic E-state index is 0.870. The first kappa shape index (κ1) is 14.9. The predicted molar refractivity (Wildman–Crippen MR) is 90.3 cm³/mol. The molecule has 0 radical (unpaired) electrons. The molecule has 0 bridgehead atoms. The van der Waals surface area contributed by atoms with E-state index >= 15 is 0 Å². The lowest BCUT2D eigenvalue weighted by molar-refractivity contribution is 0.709. The lowest BCUT2D eigenvalue weighted by Crippen LogP contribution is -2.16. The fourth-order valence-corrected chi connectivity index (χ4v) is 4.21. The lowest BCUT2D eigenvalue weighted by Gasteiger charge is -2.14. The van der Waals surface area contributed by atoms with E-state index < -0.39 is 0 Å². The highest BCUT2D eigenvalue weighted by molar-refractivity contribution is 7.98.